The number of carbonyl (C=O) groups is 1. The molecule has 158 valence electrons. The molecule has 0 amide bonds. The van der Waals surface area contributed by atoms with E-state index in [-0.39, 0.29) is 5.92 Å². The largest absolute Gasteiger partial charge is 0.518 e. The van der Waals surface area contributed by atoms with Crippen molar-refractivity contribution in [2.75, 3.05) is 7.11 Å². The van der Waals surface area contributed by atoms with Crippen molar-refractivity contribution in [1.82, 2.24) is 4.98 Å². The number of carbonyl (C=O) groups excluding carboxylic acids is 1. The molecule has 0 radical (unpaired) electrons. The quantitative estimate of drug-likeness (QED) is 0.372. The highest BCUT2D eigenvalue weighted by Crippen LogP contribution is 2.50. The summed E-state index contributed by atoms with van der Waals surface area (Å²) >= 11 is 0. The SMILES string of the molecule is C#COC(=O)CC(O)C(c1c(-c2ccc(F)cc2)cc(C)nc1C(C)C)[P+](=O)OC. The van der Waals surface area contributed by atoms with Crippen LogP contribution in [-0.2, 0) is 18.6 Å². The number of pyridine rings is 1. The maximum atomic E-state index is 13.5. The number of hydrogen-bond acceptors (Lipinski definition) is 6. The van der Waals surface area contributed by atoms with Crippen molar-refractivity contribution in [3.05, 3.63) is 53.1 Å². The number of aliphatic hydroxyl groups excluding tert-OH is 1. The van der Waals surface area contributed by atoms with E-state index in [0.717, 1.165) is 0 Å². The van der Waals surface area contributed by atoms with E-state index in [4.69, 9.17) is 10.9 Å². The van der Waals surface area contributed by atoms with Gasteiger partial charge < -0.3 is 9.84 Å². The molecule has 1 heterocycles. The molecule has 8 heteroatoms. The van der Waals surface area contributed by atoms with Crippen LogP contribution in [0.25, 0.3) is 11.1 Å². The minimum Gasteiger partial charge on any atom is -0.387 e. The first-order valence-electron chi connectivity index (χ1n) is 9.30. The molecule has 3 unspecified atom stereocenters. The van der Waals surface area contributed by atoms with Crippen molar-refractivity contribution in [3.63, 3.8) is 0 Å². The number of ether oxygens (including phenoxy) is 1. The predicted molar refractivity (Wildman–Crippen MR) is 111 cm³/mol. The van der Waals surface area contributed by atoms with Crippen LogP contribution in [-0.4, -0.2) is 29.3 Å². The van der Waals surface area contributed by atoms with E-state index in [0.29, 0.717) is 28.1 Å². The van der Waals surface area contributed by atoms with Gasteiger partial charge in [-0.3, -0.25) is 9.78 Å². The molecule has 0 spiro atoms. The molecule has 0 aliphatic carbocycles. The number of halogens is 1. The first-order valence-corrected chi connectivity index (χ1v) is 10.5. The molecule has 2 rings (SSSR count). The Kier molecular flexibility index (Phi) is 8.19. The highest BCUT2D eigenvalue weighted by molar-refractivity contribution is 7.39. The number of aliphatic hydroxyl groups is 1. The lowest BCUT2D eigenvalue weighted by atomic mass is 9.89. The van der Waals surface area contributed by atoms with Crippen LogP contribution in [0, 0.1) is 25.3 Å². The Balaban J connectivity index is 2.74. The summed E-state index contributed by atoms with van der Waals surface area (Å²) in [5, 5.41) is 10.8. The average molecular weight is 432 g/mol. The number of esters is 1. The highest BCUT2D eigenvalue weighted by Gasteiger charge is 2.45. The molecule has 0 saturated heterocycles. The van der Waals surface area contributed by atoms with Gasteiger partial charge in [0.25, 0.3) is 0 Å². The van der Waals surface area contributed by atoms with Gasteiger partial charge in [0, 0.05) is 11.3 Å². The molecule has 3 atom stereocenters. The molecule has 0 fully saturated rings. The lowest BCUT2D eigenvalue weighted by molar-refractivity contribution is -0.139. The third-order valence-corrected chi connectivity index (χ3v) is 5.95. The van der Waals surface area contributed by atoms with Gasteiger partial charge in [-0.1, -0.05) is 32.4 Å². The van der Waals surface area contributed by atoms with Crippen molar-refractivity contribution in [1.29, 1.82) is 0 Å². The molecule has 0 aliphatic heterocycles. The monoisotopic (exact) mass is 432 g/mol. The van der Waals surface area contributed by atoms with Gasteiger partial charge in [-0.05, 0) is 46.7 Å². The smallest absolute Gasteiger partial charge is 0.387 e. The third kappa shape index (κ3) is 5.48. The van der Waals surface area contributed by atoms with Crippen molar-refractivity contribution in [3.8, 4) is 23.7 Å². The zero-order valence-electron chi connectivity index (χ0n) is 17.3. The molecule has 1 aromatic heterocycles. The van der Waals surface area contributed by atoms with E-state index in [1.54, 1.807) is 24.3 Å². The fourth-order valence-electron chi connectivity index (χ4n) is 3.27. The van der Waals surface area contributed by atoms with Crippen LogP contribution in [0.1, 0.15) is 48.8 Å². The van der Waals surface area contributed by atoms with Crippen LogP contribution < -0.4 is 0 Å². The molecule has 6 nitrogen and oxygen atoms in total. The van der Waals surface area contributed by atoms with E-state index in [1.807, 2.05) is 20.8 Å². The fourth-order valence-corrected chi connectivity index (χ4v) is 4.36. The summed E-state index contributed by atoms with van der Waals surface area (Å²) in [4.78, 5) is 16.4. The zero-order valence-corrected chi connectivity index (χ0v) is 18.2. The Morgan fingerprint density at radius 3 is 2.50 bits per heavy atom. The van der Waals surface area contributed by atoms with Crippen LogP contribution in [0.4, 0.5) is 4.39 Å². The Morgan fingerprint density at radius 1 is 1.33 bits per heavy atom. The van der Waals surface area contributed by atoms with Crippen molar-refractivity contribution < 1.29 is 28.1 Å². The second-order valence-electron chi connectivity index (χ2n) is 7.05. The van der Waals surface area contributed by atoms with E-state index in [2.05, 4.69) is 9.72 Å². The summed E-state index contributed by atoms with van der Waals surface area (Å²) in [6, 6.07) is 7.58. The molecule has 0 aliphatic rings. The number of terminal acetylenes is 1. The van der Waals surface area contributed by atoms with E-state index < -0.39 is 38.0 Å². The van der Waals surface area contributed by atoms with Gasteiger partial charge in [0.1, 0.15) is 18.0 Å². The predicted octanol–water partition coefficient (Wildman–Crippen LogP) is 4.63. The molecule has 1 aromatic carbocycles. The Morgan fingerprint density at radius 2 is 1.97 bits per heavy atom. The maximum absolute atomic E-state index is 13.5. The van der Waals surface area contributed by atoms with E-state index in [9.17, 15) is 18.9 Å². The van der Waals surface area contributed by atoms with Gasteiger partial charge in [0.15, 0.2) is 0 Å². The first-order chi connectivity index (χ1) is 14.2. The summed E-state index contributed by atoms with van der Waals surface area (Å²) in [5.41, 5.74) is 1.98. The zero-order chi connectivity index (χ0) is 22.4. The Labute approximate surface area is 176 Å². The molecular formula is C22H24FNO5P+. The van der Waals surface area contributed by atoms with Crippen LogP contribution in [0.5, 0.6) is 0 Å². The van der Waals surface area contributed by atoms with Gasteiger partial charge >= 0.3 is 14.0 Å². The van der Waals surface area contributed by atoms with Crippen molar-refractivity contribution in [2.24, 2.45) is 0 Å². The average Bonchev–Trinajstić information content (AvgIpc) is 2.69. The summed E-state index contributed by atoms with van der Waals surface area (Å²) in [6.07, 6.45) is 4.85. The number of aromatic nitrogens is 1. The maximum Gasteiger partial charge on any atom is 0.518 e. The number of aryl methyl sites for hydroxylation is 1. The molecule has 0 bridgehead atoms. The minimum absolute atomic E-state index is 0.0910. The lowest BCUT2D eigenvalue weighted by Gasteiger charge is -2.22. The summed E-state index contributed by atoms with van der Waals surface area (Å²) in [7, 11) is -1.18. The van der Waals surface area contributed by atoms with Gasteiger partial charge in [0.2, 0.25) is 5.66 Å². The lowest BCUT2D eigenvalue weighted by Crippen LogP contribution is -2.23. The minimum atomic E-state index is -2.43. The topological polar surface area (TPSA) is 85.7 Å². The van der Waals surface area contributed by atoms with Gasteiger partial charge in [0.05, 0.1) is 19.2 Å². The standard InChI is InChI=1S/C22H24FNO5P/c1-6-29-19(26)12-18(25)22(30(27)28-5)20-17(15-7-9-16(23)10-8-15)11-14(4)24-21(20)13(2)3/h1,7-11,13,18,22,25H,12H2,2-5H3/q+1. The van der Waals surface area contributed by atoms with Crippen LogP contribution in [0.2, 0.25) is 0 Å². The molecule has 30 heavy (non-hydrogen) atoms. The Bertz CT molecular complexity index is 969. The van der Waals surface area contributed by atoms with Crippen LogP contribution >= 0.6 is 8.03 Å². The summed E-state index contributed by atoms with van der Waals surface area (Å²) < 4.78 is 35.9. The Hall–Kier alpha value is -2.65. The van der Waals surface area contributed by atoms with Crippen molar-refractivity contribution in [2.45, 2.75) is 44.9 Å². The van der Waals surface area contributed by atoms with Crippen LogP contribution in [0.15, 0.2) is 30.3 Å². The summed E-state index contributed by atoms with van der Waals surface area (Å²) in [6.45, 7) is 5.64. The molecule has 1 N–H and O–H groups in total. The van der Waals surface area contributed by atoms with Gasteiger partial charge in [-0.15, -0.1) is 4.52 Å². The van der Waals surface area contributed by atoms with Crippen LogP contribution in [0.3, 0.4) is 0 Å². The molecule has 2 aromatic rings. The number of rotatable bonds is 8. The number of nitrogens with zero attached hydrogens (tertiary/aromatic N) is 1. The van der Waals surface area contributed by atoms with Crippen molar-refractivity contribution >= 4 is 14.0 Å². The van der Waals surface area contributed by atoms with Gasteiger partial charge in [-0.2, -0.15) is 0 Å². The third-order valence-electron chi connectivity index (χ3n) is 4.53. The fraction of sp³-hybridized carbons (Fsp3) is 0.364. The number of benzene rings is 1. The molecular weight excluding hydrogens is 408 g/mol. The van der Waals surface area contributed by atoms with E-state index in [1.165, 1.54) is 19.2 Å². The highest BCUT2D eigenvalue weighted by atomic mass is 31.1. The second kappa shape index (κ2) is 10.4. The summed E-state index contributed by atoms with van der Waals surface area (Å²) in [5.74, 6) is -1.32. The molecule has 0 saturated carbocycles. The normalized spacial score (nSPS) is 13.5. The van der Waals surface area contributed by atoms with Gasteiger partial charge in [-0.25, -0.2) is 4.39 Å². The number of hydrogen-bond donors (Lipinski definition) is 1. The first kappa shape index (κ1) is 23.6. The van der Waals surface area contributed by atoms with E-state index >= 15 is 0 Å². The second-order valence-corrected chi connectivity index (χ2v) is 8.54.